The number of anilines is 3. The van der Waals surface area contributed by atoms with E-state index in [4.69, 9.17) is 17.3 Å². The first kappa shape index (κ1) is 11.3. The third-order valence-electron chi connectivity index (χ3n) is 2.84. The van der Waals surface area contributed by atoms with Gasteiger partial charge in [0.05, 0.1) is 10.7 Å². The molecule has 1 aliphatic rings. The molecule has 0 spiro atoms. The van der Waals surface area contributed by atoms with Crippen LogP contribution in [0.15, 0.2) is 30.3 Å². The van der Waals surface area contributed by atoms with Crippen molar-refractivity contribution >= 4 is 28.9 Å². The molecule has 1 heterocycles. The Morgan fingerprint density at radius 3 is 2.72 bits per heavy atom. The summed E-state index contributed by atoms with van der Waals surface area (Å²) in [4.78, 5) is 8.72. The van der Waals surface area contributed by atoms with Crippen LogP contribution in [0.25, 0.3) is 0 Å². The Kier molecular flexibility index (Phi) is 2.80. The largest absolute Gasteiger partial charge is 0.384 e. The molecule has 0 aliphatic heterocycles. The van der Waals surface area contributed by atoms with Crippen LogP contribution in [-0.4, -0.2) is 9.97 Å². The van der Waals surface area contributed by atoms with Crippen LogP contribution < -0.4 is 11.1 Å². The number of halogens is 1. The zero-order valence-electron chi connectivity index (χ0n) is 9.73. The second-order valence-corrected chi connectivity index (χ2v) is 4.82. The number of nitrogen functional groups attached to an aromatic ring is 1. The van der Waals surface area contributed by atoms with Gasteiger partial charge in [0.25, 0.3) is 0 Å². The summed E-state index contributed by atoms with van der Waals surface area (Å²) in [5.41, 5.74) is 6.61. The summed E-state index contributed by atoms with van der Waals surface area (Å²) in [5, 5.41) is 3.83. The van der Waals surface area contributed by atoms with Gasteiger partial charge < -0.3 is 11.1 Å². The Morgan fingerprint density at radius 2 is 2.00 bits per heavy atom. The van der Waals surface area contributed by atoms with Gasteiger partial charge in [0.2, 0.25) is 0 Å². The third-order valence-corrected chi connectivity index (χ3v) is 3.17. The molecule has 0 unspecified atom stereocenters. The van der Waals surface area contributed by atoms with E-state index in [1.54, 1.807) is 6.07 Å². The van der Waals surface area contributed by atoms with Crippen molar-refractivity contribution < 1.29 is 0 Å². The van der Waals surface area contributed by atoms with Crippen LogP contribution in [-0.2, 0) is 0 Å². The van der Waals surface area contributed by atoms with Crippen molar-refractivity contribution in [2.24, 2.45) is 0 Å². The number of nitrogens with one attached hydrogen (secondary N) is 1. The minimum atomic E-state index is 0.472. The van der Waals surface area contributed by atoms with Crippen LogP contribution in [0.2, 0.25) is 5.02 Å². The van der Waals surface area contributed by atoms with Gasteiger partial charge in [-0.05, 0) is 25.0 Å². The second kappa shape index (κ2) is 4.46. The number of benzene rings is 1. The highest BCUT2D eigenvalue weighted by Gasteiger charge is 2.27. The van der Waals surface area contributed by atoms with E-state index in [0.29, 0.717) is 22.6 Å². The summed E-state index contributed by atoms with van der Waals surface area (Å²) in [6.45, 7) is 0. The summed E-state index contributed by atoms with van der Waals surface area (Å²) < 4.78 is 0. The molecule has 0 radical (unpaired) electrons. The third kappa shape index (κ3) is 2.38. The lowest BCUT2D eigenvalue weighted by Crippen LogP contribution is -2.02. The highest BCUT2D eigenvalue weighted by Crippen LogP contribution is 2.38. The van der Waals surface area contributed by atoms with Crippen LogP contribution >= 0.6 is 11.6 Å². The molecule has 0 bridgehead atoms. The fourth-order valence-electron chi connectivity index (χ4n) is 1.77. The molecule has 2 aromatic rings. The molecule has 18 heavy (non-hydrogen) atoms. The molecule has 92 valence electrons. The maximum Gasteiger partial charge on any atom is 0.136 e. The fraction of sp³-hybridized carbons (Fsp3) is 0.231. The number of para-hydroxylation sites is 1. The van der Waals surface area contributed by atoms with Crippen molar-refractivity contribution in [3.05, 3.63) is 41.2 Å². The zero-order chi connectivity index (χ0) is 12.5. The Labute approximate surface area is 110 Å². The lowest BCUT2D eigenvalue weighted by atomic mass is 10.3. The average molecular weight is 261 g/mol. The summed E-state index contributed by atoms with van der Waals surface area (Å²) in [7, 11) is 0. The van der Waals surface area contributed by atoms with Gasteiger partial charge in [0, 0.05) is 12.0 Å². The van der Waals surface area contributed by atoms with Crippen molar-refractivity contribution in [3.8, 4) is 0 Å². The summed E-state index contributed by atoms with van der Waals surface area (Å²) in [6, 6.07) is 9.25. The number of rotatable bonds is 3. The minimum absolute atomic E-state index is 0.472. The molecule has 0 amide bonds. The zero-order valence-corrected chi connectivity index (χ0v) is 10.5. The highest BCUT2D eigenvalue weighted by atomic mass is 35.5. The van der Waals surface area contributed by atoms with Crippen LogP contribution in [0.5, 0.6) is 0 Å². The Balaban J connectivity index is 1.90. The molecule has 0 atom stereocenters. The van der Waals surface area contributed by atoms with Gasteiger partial charge in [0.1, 0.15) is 17.5 Å². The van der Waals surface area contributed by atoms with Crippen molar-refractivity contribution in [2.45, 2.75) is 18.8 Å². The molecule has 1 aromatic heterocycles. The van der Waals surface area contributed by atoms with E-state index >= 15 is 0 Å². The van der Waals surface area contributed by atoms with Gasteiger partial charge in [-0.25, -0.2) is 9.97 Å². The predicted octanol–water partition coefficient (Wildman–Crippen LogP) is 3.33. The number of hydrogen-bond acceptors (Lipinski definition) is 4. The van der Waals surface area contributed by atoms with Gasteiger partial charge in [0.15, 0.2) is 0 Å². The van der Waals surface area contributed by atoms with E-state index in [9.17, 15) is 0 Å². The van der Waals surface area contributed by atoms with Crippen molar-refractivity contribution in [2.75, 3.05) is 11.1 Å². The summed E-state index contributed by atoms with van der Waals surface area (Å²) in [5.74, 6) is 2.48. The SMILES string of the molecule is Nc1cc(Nc2ccccc2Cl)nc(C2CC2)n1. The smallest absolute Gasteiger partial charge is 0.136 e. The number of nitrogens with zero attached hydrogens (tertiary/aromatic N) is 2. The van der Waals surface area contributed by atoms with Gasteiger partial charge in [-0.3, -0.25) is 0 Å². The Morgan fingerprint density at radius 1 is 1.22 bits per heavy atom. The van der Waals surface area contributed by atoms with Gasteiger partial charge >= 0.3 is 0 Å². The van der Waals surface area contributed by atoms with E-state index in [0.717, 1.165) is 24.4 Å². The van der Waals surface area contributed by atoms with E-state index in [1.807, 2.05) is 24.3 Å². The molecule has 1 aromatic carbocycles. The maximum atomic E-state index is 6.09. The van der Waals surface area contributed by atoms with E-state index < -0.39 is 0 Å². The molecule has 5 heteroatoms. The maximum absolute atomic E-state index is 6.09. The molecule has 4 nitrogen and oxygen atoms in total. The Bertz CT molecular complexity index is 581. The molecular weight excluding hydrogens is 248 g/mol. The quantitative estimate of drug-likeness (QED) is 0.888. The lowest BCUT2D eigenvalue weighted by Gasteiger charge is -2.09. The minimum Gasteiger partial charge on any atom is -0.384 e. The molecule has 1 saturated carbocycles. The van der Waals surface area contributed by atoms with E-state index in [2.05, 4.69) is 15.3 Å². The average Bonchev–Trinajstić information content (AvgIpc) is 3.15. The predicted molar refractivity (Wildman–Crippen MR) is 73.2 cm³/mol. The molecule has 3 rings (SSSR count). The van der Waals surface area contributed by atoms with E-state index in [-0.39, 0.29) is 0 Å². The summed E-state index contributed by atoms with van der Waals surface area (Å²) >= 11 is 6.09. The normalized spacial score (nSPS) is 14.5. The number of nitrogens with two attached hydrogens (primary N) is 1. The molecule has 3 N–H and O–H groups in total. The summed E-state index contributed by atoms with van der Waals surface area (Å²) in [6.07, 6.45) is 2.30. The standard InChI is InChI=1S/C13H13ClN4/c14-9-3-1-2-4-10(9)16-12-7-11(15)17-13(18-12)8-5-6-8/h1-4,7-8H,5-6H2,(H3,15,16,17,18). The molecule has 1 aliphatic carbocycles. The Hall–Kier alpha value is -1.81. The van der Waals surface area contributed by atoms with Crippen LogP contribution in [0.4, 0.5) is 17.3 Å². The topological polar surface area (TPSA) is 63.8 Å². The van der Waals surface area contributed by atoms with E-state index in [1.165, 1.54) is 0 Å². The molecular formula is C13H13ClN4. The van der Waals surface area contributed by atoms with Crippen LogP contribution in [0.1, 0.15) is 24.6 Å². The van der Waals surface area contributed by atoms with Crippen LogP contribution in [0, 0.1) is 0 Å². The molecule has 1 fully saturated rings. The first-order valence-electron chi connectivity index (χ1n) is 5.88. The highest BCUT2D eigenvalue weighted by molar-refractivity contribution is 6.33. The lowest BCUT2D eigenvalue weighted by molar-refractivity contribution is 0.936. The van der Waals surface area contributed by atoms with Gasteiger partial charge in [-0.2, -0.15) is 0 Å². The monoisotopic (exact) mass is 260 g/mol. The van der Waals surface area contributed by atoms with Crippen molar-refractivity contribution in [3.63, 3.8) is 0 Å². The van der Waals surface area contributed by atoms with Crippen LogP contribution in [0.3, 0.4) is 0 Å². The van der Waals surface area contributed by atoms with Gasteiger partial charge in [-0.15, -0.1) is 0 Å². The van der Waals surface area contributed by atoms with Crippen molar-refractivity contribution in [1.29, 1.82) is 0 Å². The number of aromatic nitrogens is 2. The fourth-order valence-corrected chi connectivity index (χ4v) is 1.96. The second-order valence-electron chi connectivity index (χ2n) is 4.42. The van der Waals surface area contributed by atoms with Gasteiger partial charge in [-0.1, -0.05) is 23.7 Å². The van der Waals surface area contributed by atoms with Crippen molar-refractivity contribution in [1.82, 2.24) is 9.97 Å². The molecule has 0 saturated heterocycles. The number of hydrogen-bond donors (Lipinski definition) is 2. The first-order chi connectivity index (χ1) is 8.72. The first-order valence-corrected chi connectivity index (χ1v) is 6.26.